The highest BCUT2D eigenvalue weighted by atomic mass is 35.5. The minimum atomic E-state index is -1.81. The molecule has 11 heteroatoms. The molecule has 6 nitrogen and oxygen atoms in total. The van der Waals surface area contributed by atoms with Crippen LogP contribution in [0.2, 0.25) is 10.0 Å². The Hall–Kier alpha value is -3.58. The van der Waals surface area contributed by atoms with E-state index in [1.807, 2.05) is 20.8 Å². The van der Waals surface area contributed by atoms with Crippen molar-refractivity contribution >= 4 is 40.7 Å². The van der Waals surface area contributed by atoms with Crippen molar-refractivity contribution in [3.05, 3.63) is 98.8 Å². The number of amides is 2. The van der Waals surface area contributed by atoms with Gasteiger partial charge in [0.15, 0.2) is 0 Å². The maximum atomic E-state index is 15.7. The molecule has 214 valence electrons. The number of halogens is 5. The Labute approximate surface area is 245 Å². The molecule has 1 aliphatic heterocycles. The Balaban J connectivity index is 1.93. The third kappa shape index (κ3) is 5.78. The summed E-state index contributed by atoms with van der Waals surface area (Å²) in [4.78, 5) is 25.3. The van der Waals surface area contributed by atoms with Crippen LogP contribution in [0.1, 0.15) is 54.6 Å². The van der Waals surface area contributed by atoms with Crippen LogP contribution in [-0.4, -0.2) is 23.9 Å². The van der Waals surface area contributed by atoms with E-state index in [9.17, 15) is 19.2 Å². The summed E-state index contributed by atoms with van der Waals surface area (Å²) in [5.74, 6) is -5.62. The lowest BCUT2D eigenvalue weighted by molar-refractivity contribution is -0.118. The van der Waals surface area contributed by atoms with Gasteiger partial charge in [0.05, 0.1) is 22.7 Å². The molecule has 3 aromatic carbocycles. The Morgan fingerprint density at radius 1 is 1.07 bits per heavy atom. The Morgan fingerprint density at radius 3 is 2.37 bits per heavy atom. The average Bonchev–Trinajstić information content (AvgIpc) is 3.18. The third-order valence-electron chi connectivity index (χ3n) is 7.23. The normalized spacial score (nSPS) is 22.3. The lowest BCUT2D eigenvalue weighted by Crippen LogP contribution is -2.45. The zero-order chi connectivity index (χ0) is 30.3. The number of nitriles is 1. The Kier molecular flexibility index (Phi) is 8.42. The van der Waals surface area contributed by atoms with Crippen LogP contribution in [0.5, 0.6) is 0 Å². The van der Waals surface area contributed by atoms with Crippen LogP contribution in [0.15, 0.2) is 54.6 Å². The first-order chi connectivity index (χ1) is 19.2. The van der Waals surface area contributed by atoms with Gasteiger partial charge in [0.1, 0.15) is 22.9 Å². The van der Waals surface area contributed by atoms with Gasteiger partial charge < -0.3 is 16.4 Å². The Morgan fingerprint density at radius 2 is 1.78 bits per heavy atom. The van der Waals surface area contributed by atoms with Crippen LogP contribution >= 0.6 is 23.2 Å². The first-order valence-corrected chi connectivity index (χ1v) is 13.4. The van der Waals surface area contributed by atoms with E-state index in [0.29, 0.717) is 0 Å². The molecule has 1 saturated heterocycles. The van der Waals surface area contributed by atoms with Crippen LogP contribution in [-0.2, 0) is 10.2 Å². The van der Waals surface area contributed by atoms with E-state index in [1.165, 1.54) is 36.4 Å². The lowest BCUT2D eigenvalue weighted by atomic mass is 9.62. The summed E-state index contributed by atoms with van der Waals surface area (Å²) in [5.41, 5.74) is 2.42. The third-order valence-corrected chi connectivity index (χ3v) is 7.76. The number of rotatable bonds is 6. The summed E-state index contributed by atoms with van der Waals surface area (Å²) < 4.78 is 45.8. The zero-order valence-electron chi connectivity index (χ0n) is 22.4. The van der Waals surface area contributed by atoms with Gasteiger partial charge in [0.25, 0.3) is 5.91 Å². The summed E-state index contributed by atoms with van der Waals surface area (Å²) >= 11 is 12.2. The second-order valence-electron chi connectivity index (χ2n) is 11.2. The standard InChI is InChI=1S/C30H27Cl2F3N4O2/c1-29(2,3)13-23-30(14-36,19-10-7-15(31)11-22(19)34)24(18-5-4-6-20(32)25(18)35)26(39-23)28(41)38-16-8-9-17(27(37)40)21(33)12-16/h4-12,23-24,26,39H,13H2,1-3H3,(H2,37,40)(H,38,41)/t23-,24-,26+,30-/m0/s1. The smallest absolute Gasteiger partial charge is 0.251 e. The van der Waals surface area contributed by atoms with Gasteiger partial charge in [-0.1, -0.05) is 62.2 Å². The van der Waals surface area contributed by atoms with Gasteiger partial charge in [0, 0.05) is 28.2 Å². The van der Waals surface area contributed by atoms with Crippen molar-refractivity contribution in [2.24, 2.45) is 11.1 Å². The molecule has 0 saturated carbocycles. The predicted octanol–water partition coefficient (Wildman–Crippen LogP) is 6.47. The van der Waals surface area contributed by atoms with Crippen molar-refractivity contribution in [1.82, 2.24) is 5.32 Å². The number of hydrogen-bond donors (Lipinski definition) is 3. The van der Waals surface area contributed by atoms with E-state index in [4.69, 9.17) is 28.9 Å². The molecule has 0 spiro atoms. The van der Waals surface area contributed by atoms with Crippen LogP contribution in [0.3, 0.4) is 0 Å². The fourth-order valence-electron chi connectivity index (χ4n) is 5.57. The average molecular weight is 603 g/mol. The molecule has 1 fully saturated rings. The topological polar surface area (TPSA) is 108 Å². The van der Waals surface area contributed by atoms with Crippen LogP contribution < -0.4 is 16.4 Å². The molecule has 0 aromatic heterocycles. The van der Waals surface area contributed by atoms with Gasteiger partial charge in [-0.25, -0.2) is 13.2 Å². The summed E-state index contributed by atoms with van der Waals surface area (Å²) in [6, 6.07) is 11.5. The van der Waals surface area contributed by atoms with Gasteiger partial charge in [-0.3, -0.25) is 9.59 Å². The molecule has 0 bridgehead atoms. The summed E-state index contributed by atoms with van der Waals surface area (Å²) in [7, 11) is 0. The number of nitrogens with zero attached hydrogens (tertiary/aromatic N) is 1. The number of carbonyl (C=O) groups excluding carboxylic acids is 2. The number of hydrogen-bond acceptors (Lipinski definition) is 4. The molecule has 41 heavy (non-hydrogen) atoms. The molecule has 1 aliphatic rings. The second kappa shape index (κ2) is 11.4. The van der Waals surface area contributed by atoms with Crippen molar-refractivity contribution in [2.75, 3.05) is 5.32 Å². The SMILES string of the molecule is CC(C)(C)C[C@@H]1N[C@@H](C(=O)Nc2ccc(C(N)=O)c(F)c2)[C@H](c2cccc(Cl)c2F)[C@@]1(C#N)c1ccc(Cl)cc1F. The van der Waals surface area contributed by atoms with Crippen LogP contribution in [0.25, 0.3) is 0 Å². The van der Waals surface area contributed by atoms with Crippen molar-refractivity contribution in [3.63, 3.8) is 0 Å². The van der Waals surface area contributed by atoms with Crippen molar-refractivity contribution < 1.29 is 22.8 Å². The van der Waals surface area contributed by atoms with E-state index >= 15 is 8.78 Å². The highest BCUT2D eigenvalue weighted by Gasteiger charge is 2.61. The first kappa shape index (κ1) is 30.4. The van der Waals surface area contributed by atoms with Crippen LogP contribution in [0, 0.1) is 34.2 Å². The van der Waals surface area contributed by atoms with E-state index in [-0.39, 0.29) is 38.8 Å². The Bertz CT molecular complexity index is 1570. The van der Waals surface area contributed by atoms with Gasteiger partial charge >= 0.3 is 0 Å². The molecule has 0 unspecified atom stereocenters. The maximum Gasteiger partial charge on any atom is 0.251 e. The predicted molar refractivity (Wildman–Crippen MR) is 151 cm³/mol. The number of anilines is 1. The molecule has 0 radical (unpaired) electrons. The molecule has 4 N–H and O–H groups in total. The minimum Gasteiger partial charge on any atom is -0.366 e. The number of nitrogens with two attached hydrogens (primary N) is 1. The van der Waals surface area contributed by atoms with E-state index in [2.05, 4.69) is 16.7 Å². The van der Waals surface area contributed by atoms with Crippen LogP contribution in [0.4, 0.5) is 18.9 Å². The first-order valence-electron chi connectivity index (χ1n) is 12.7. The molecule has 1 heterocycles. The number of primary amides is 1. The fourth-order valence-corrected chi connectivity index (χ4v) is 5.91. The summed E-state index contributed by atoms with van der Waals surface area (Å²) in [6.45, 7) is 5.75. The fraction of sp³-hybridized carbons (Fsp3) is 0.300. The van der Waals surface area contributed by atoms with Gasteiger partial charge in [-0.15, -0.1) is 0 Å². The van der Waals surface area contributed by atoms with E-state index in [1.54, 1.807) is 0 Å². The van der Waals surface area contributed by atoms with Gasteiger partial charge in [0.2, 0.25) is 5.91 Å². The number of nitrogens with one attached hydrogen (secondary N) is 2. The monoisotopic (exact) mass is 602 g/mol. The van der Waals surface area contributed by atoms with Crippen molar-refractivity contribution in [3.8, 4) is 6.07 Å². The van der Waals surface area contributed by atoms with E-state index in [0.717, 1.165) is 18.2 Å². The summed E-state index contributed by atoms with van der Waals surface area (Å²) in [5, 5.41) is 16.5. The van der Waals surface area contributed by atoms with Crippen molar-refractivity contribution in [1.29, 1.82) is 5.26 Å². The molecule has 4 atom stereocenters. The van der Waals surface area contributed by atoms with E-state index < -0.39 is 58.1 Å². The minimum absolute atomic E-state index is 0.0101. The van der Waals surface area contributed by atoms with Gasteiger partial charge in [-0.2, -0.15) is 5.26 Å². The highest BCUT2D eigenvalue weighted by Crippen LogP contribution is 2.52. The molecule has 3 aromatic rings. The number of benzene rings is 3. The molecule has 2 amide bonds. The quantitative estimate of drug-likeness (QED) is 0.300. The zero-order valence-corrected chi connectivity index (χ0v) is 23.9. The summed E-state index contributed by atoms with van der Waals surface area (Å²) in [6.07, 6.45) is 0.285. The van der Waals surface area contributed by atoms with Crippen molar-refractivity contribution in [2.45, 2.75) is 50.6 Å². The maximum absolute atomic E-state index is 15.7. The highest BCUT2D eigenvalue weighted by molar-refractivity contribution is 6.31. The molecule has 4 rings (SSSR count). The molecular weight excluding hydrogens is 576 g/mol. The second-order valence-corrected chi connectivity index (χ2v) is 12.1. The van der Waals surface area contributed by atoms with Gasteiger partial charge in [-0.05, 0) is 53.8 Å². The number of carbonyl (C=O) groups is 2. The lowest BCUT2D eigenvalue weighted by Gasteiger charge is -2.37. The molecular formula is C30H27Cl2F3N4O2. The molecule has 0 aliphatic carbocycles. The largest absolute Gasteiger partial charge is 0.366 e.